The monoisotopic (exact) mass is 341 g/mol. The molecule has 0 saturated heterocycles. The van der Waals surface area contributed by atoms with Crippen LogP contribution in [-0.2, 0) is 10.0 Å². The fourth-order valence-electron chi connectivity index (χ4n) is 1.19. The summed E-state index contributed by atoms with van der Waals surface area (Å²) in [5.41, 5.74) is 0. The molecule has 0 bridgehead atoms. The van der Waals surface area contributed by atoms with Gasteiger partial charge in [-0.3, -0.25) is 0 Å². The van der Waals surface area contributed by atoms with Gasteiger partial charge in [0.1, 0.15) is 5.82 Å². The Kier molecular flexibility index (Phi) is 5.43. The Bertz CT molecular complexity index is 493. The Morgan fingerprint density at radius 3 is 2.65 bits per heavy atom. The molecule has 0 saturated carbocycles. The fourth-order valence-corrected chi connectivity index (χ4v) is 3.94. The molecule has 0 heterocycles. The van der Waals surface area contributed by atoms with Crippen molar-refractivity contribution in [3.05, 3.63) is 28.5 Å². The first-order chi connectivity index (χ1) is 7.89. The third-order valence-corrected chi connectivity index (χ3v) is 5.62. The second-order valence-corrected chi connectivity index (χ2v) is 7.25. The van der Waals surface area contributed by atoms with E-state index in [9.17, 15) is 12.8 Å². The van der Waals surface area contributed by atoms with Crippen LogP contribution in [0.1, 0.15) is 0 Å². The molecule has 7 heteroatoms. The zero-order valence-corrected chi connectivity index (χ0v) is 12.7. The number of thioether (sulfide) groups is 1. The van der Waals surface area contributed by atoms with Gasteiger partial charge in [0.05, 0.1) is 4.90 Å². The van der Waals surface area contributed by atoms with Gasteiger partial charge < -0.3 is 0 Å². The number of hydrogen-bond acceptors (Lipinski definition) is 3. The molecule has 0 fully saturated rings. The molecule has 1 rings (SSSR count). The normalized spacial score (nSPS) is 12.1. The van der Waals surface area contributed by atoms with E-state index in [1.54, 1.807) is 11.8 Å². The Labute approximate surface area is 114 Å². The minimum atomic E-state index is -3.55. The Balaban J connectivity index is 3.04. The zero-order valence-electron chi connectivity index (χ0n) is 9.48. The van der Waals surface area contributed by atoms with E-state index in [4.69, 9.17) is 0 Å². The highest BCUT2D eigenvalue weighted by Crippen LogP contribution is 2.25. The number of rotatable bonds is 5. The summed E-state index contributed by atoms with van der Waals surface area (Å²) in [7, 11) is -2.04. The van der Waals surface area contributed by atoms with Crippen molar-refractivity contribution in [3.63, 3.8) is 0 Å². The van der Waals surface area contributed by atoms with Gasteiger partial charge in [-0.2, -0.15) is 11.8 Å². The minimum absolute atomic E-state index is 0.0857. The summed E-state index contributed by atoms with van der Waals surface area (Å²) < 4.78 is 38.7. The lowest BCUT2D eigenvalue weighted by Crippen LogP contribution is -2.29. The standard InChI is InChI=1S/C10H13BrFNO2S2/c1-13(5-6-16-2)17(14,15)10-4-3-8(12)7-9(10)11/h3-4,7H,5-6H2,1-2H3. The van der Waals surface area contributed by atoms with Crippen molar-refractivity contribution in [2.45, 2.75) is 4.90 Å². The number of hydrogen-bond donors (Lipinski definition) is 0. The fraction of sp³-hybridized carbons (Fsp3) is 0.400. The molecular weight excluding hydrogens is 329 g/mol. The number of nitrogens with zero attached hydrogens (tertiary/aromatic N) is 1. The van der Waals surface area contributed by atoms with Crippen molar-refractivity contribution in [2.75, 3.05) is 25.6 Å². The van der Waals surface area contributed by atoms with Crippen molar-refractivity contribution < 1.29 is 12.8 Å². The van der Waals surface area contributed by atoms with E-state index in [0.29, 0.717) is 12.3 Å². The van der Waals surface area contributed by atoms with Gasteiger partial charge in [-0.15, -0.1) is 0 Å². The van der Waals surface area contributed by atoms with Gasteiger partial charge in [-0.1, -0.05) is 0 Å². The lowest BCUT2D eigenvalue weighted by Gasteiger charge is -2.17. The maximum Gasteiger partial charge on any atom is 0.243 e. The smallest absolute Gasteiger partial charge is 0.207 e. The highest BCUT2D eigenvalue weighted by molar-refractivity contribution is 9.10. The summed E-state index contributed by atoms with van der Waals surface area (Å²) in [4.78, 5) is 0.0857. The number of benzene rings is 1. The maximum absolute atomic E-state index is 12.9. The highest BCUT2D eigenvalue weighted by Gasteiger charge is 2.23. The molecule has 0 radical (unpaired) electrons. The molecule has 0 aliphatic rings. The summed E-state index contributed by atoms with van der Waals surface area (Å²) in [5.74, 6) is 0.247. The Morgan fingerprint density at radius 1 is 1.47 bits per heavy atom. The molecule has 0 unspecified atom stereocenters. The van der Waals surface area contributed by atoms with Crippen LogP contribution in [0.2, 0.25) is 0 Å². The largest absolute Gasteiger partial charge is 0.243 e. The minimum Gasteiger partial charge on any atom is -0.207 e. The van der Waals surface area contributed by atoms with Gasteiger partial charge in [-0.05, 0) is 40.4 Å². The second-order valence-electron chi connectivity index (χ2n) is 3.39. The first kappa shape index (κ1) is 14.9. The van der Waals surface area contributed by atoms with E-state index in [1.807, 2.05) is 6.26 Å². The summed E-state index contributed by atoms with van der Waals surface area (Å²) in [6, 6.07) is 3.56. The summed E-state index contributed by atoms with van der Waals surface area (Å²) >= 11 is 4.64. The molecule has 0 aliphatic carbocycles. The summed E-state index contributed by atoms with van der Waals surface area (Å²) in [6.07, 6.45) is 1.91. The molecule has 0 atom stereocenters. The lowest BCUT2D eigenvalue weighted by atomic mass is 10.3. The van der Waals surface area contributed by atoms with Crippen LogP contribution >= 0.6 is 27.7 Å². The molecule has 96 valence electrons. The topological polar surface area (TPSA) is 37.4 Å². The Morgan fingerprint density at radius 2 is 2.12 bits per heavy atom. The molecule has 17 heavy (non-hydrogen) atoms. The number of sulfonamides is 1. The van der Waals surface area contributed by atoms with Crippen LogP contribution in [0.25, 0.3) is 0 Å². The van der Waals surface area contributed by atoms with E-state index >= 15 is 0 Å². The van der Waals surface area contributed by atoms with Gasteiger partial charge in [0.2, 0.25) is 10.0 Å². The van der Waals surface area contributed by atoms with Gasteiger partial charge in [0, 0.05) is 23.8 Å². The van der Waals surface area contributed by atoms with Crippen molar-refractivity contribution in [1.82, 2.24) is 4.31 Å². The van der Waals surface area contributed by atoms with Crippen molar-refractivity contribution in [2.24, 2.45) is 0 Å². The van der Waals surface area contributed by atoms with Crippen LogP contribution in [0, 0.1) is 5.82 Å². The molecule has 0 aliphatic heterocycles. The van der Waals surface area contributed by atoms with Crippen LogP contribution in [0.4, 0.5) is 4.39 Å². The summed E-state index contributed by atoms with van der Waals surface area (Å²) in [5, 5.41) is 0. The highest BCUT2D eigenvalue weighted by atomic mass is 79.9. The zero-order chi connectivity index (χ0) is 13.1. The third kappa shape index (κ3) is 3.67. The molecule has 1 aromatic rings. The lowest BCUT2D eigenvalue weighted by molar-refractivity contribution is 0.488. The van der Waals surface area contributed by atoms with E-state index in [-0.39, 0.29) is 9.37 Å². The van der Waals surface area contributed by atoms with Gasteiger partial charge in [-0.25, -0.2) is 17.1 Å². The maximum atomic E-state index is 12.9. The average molecular weight is 342 g/mol. The van der Waals surface area contributed by atoms with E-state index < -0.39 is 15.8 Å². The van der Waals surface area contributed by atoms with Crippen LogP contribution in [-0.4, -0.2) is 38.3 Å². The SMILES string of the molecule is CSCCN(C)S(=O)(=O)c1ccc(F)cc1Br. The van der Waals surface area contributed by atoms with Crippen LogP contribution in [0.5, 0.6) is 0 Å². The van der Waals surface area contributed by atoms with E-state index in [1.165, 1.54) is 17.4 Å². The van der Waals surface area contributed by atoms with Gasteiger partial charge in [0.25, 0.3) is 0 Å². The molecule has 1 aromatic carbocycles. The van der Waals surface area contributed by atoms with Crippen LogP contribution in [0.3, 0.4) is 0 Å². The van der Waals surface area contributed by atoms with Crippen molar-refractivity contribution in [1.29, 1.82) is 0 Å². The predicted octanol–water partition coefficient (Wildman–Crippen LogP) is 2.57. The first-order valence-corrected chi connectivity index (χ1v) is 8.42. The second kappa shape index (κ2) is 6.17. The van der Waals surface area contributed by atoms with Gasteiger partial charge >= 0.3 is 0 Å². The van der Waals surface area contributed by atoms with E-state index in [0.717, 1.165) is 12.1 Å². The quantitative estimate of drug-likeness (QED) is 0.825. The predicted molar refractivity (Wildman–Crippen MR) is 72.3 cm³/mol. The van der Waals surface area contributed by atoms with Crippen molar-refractivity contribution in [3.8, 4) is 0 Å². The molecule has 0 amide bonds. The molecular formula is C10H13BrFNO2S2. The average Bonchev–Trinajstić information content (AvgIpc) is 2.25. The van der Waals surface area contributed by atoms with Crippen molar-refractivity contribution >= 4 is 37.7 Å². The molecule has 3 nitrogen and oxygen atoms in total. The van der Waals surface area contributed by atoms with Gasteiger partial charge in [0.15, 0.2) is 0 Å². The molecule has 0 spiro atoms. The molecule has 0 aromatic heterocycles. The molecule has 0 N–H and O–H groups in total. The summed E-state index contributed by atoms with van der Waals surface area (Å²) in [6.45, 7) is 0.424. The Hall–Kier alpha value is -0.110. The number of halogens is 2. The van der Waals surface area contributed by atoms with E-state index in [2.05, 4.69) is 15.9 Å². The third-order valence-electron chi connectivity index (χ3n) is 2.19. The van der Waals surface area contributed by atoms with Crippen LogP contribution in [0.15, 0.2) is 27.6 Å². The van der Waals surface area contributed by atoms with Crippen LogP contribution < -0.4 is 0 Å². The first-order valence-electron chi connectivity index (χ1n) is 4.80.